The standard InChI is InChI=1S/C20H16ClN5O4/c1-29-16-8-3-2-7-15(16)23-17(27)12-26-20(28)25-10-9-22-19(18(25)24-26)30-14-6-4-5-13(21)11-14/h2-11H,12H2,1H3,(H,23,27). The van der Waals surface area contributed by atoms with E-state index in [2.05, 4.69) is 15.4 Å². The monoisotopic (exact) mass is 425 g/mol. The third-order valence-corrected chi connectivity index (χ3v) is 4.39. The average molecular weight is 426 g/mol. The van der Waals surface area contributed by atoms with Gasteiger partial charge in [0.2, 0.25) is 11.6 Å². The van der Waals surface area contributed by atoms with E-state index in [9.17, 15) is 9.59 Å². The van der Waals surface area contributed by atoms with Crippen molar-refractivity contribution < 1.29 is 14.3 Å². The first kappa shape index (κ1) is 19.5. The molecule has 9 nitrogen and oxygen atoms in total. The van der Waals surface area contributed by atoms with Crippen LogP contribution in [0.25, 0.3) is 5.65 Å². The van der Waals surface area contributed by atoms with Gasteiger partial charge in [-0.25, -0.2) is 18.9 Å². The van der Waals surface area contributed by atoms with Gasteiger partial charge in [-0.15, -0.1) is 5.10 Å². The zero-order chi connectivity index (χ0) is 21.1. The zero-order valence-electron chi connectivity index (χ0n) is 15.8. The van der Waals surface area contributed by atoms with Crippen molar-refractivity contribution in [3.05, 3.63) is 76.4 Å². The highest BCUT2D eigenvalue weighted by atomic mass is 35.5. The first-order chi connectivity index (χ1) is 14.5. The number of carbonyl (C=O) groups excluding carboxylic acids is 1. The van der Waals surface area contributed by atoms with Crippen LogP contribution in [0.15, 0.2) is 65.7 Å². The molecule has 0 spiro atoms. The van der Waals surface area contributed by atoms with Crippen LogP contribution in [0.4, 0.5) is 5.69 Å². The first-order valence-corrected chi connectivity index (χ1v) is 9.23. The number of fused-ring (bicyclic) bond motifs is 1. The summed E-state index contributed by atoms with van der Waals surface area (Å²) in [6.45, 7) is -0.296. The van der Waals surface area contributed by atoms with Gasteiger partial charge in [0.15, 0.2) is 0 Å². The summed E-state index contributed by atoms with van der Waals surface area (Å²) in [6, 6.07) is 13.7. The van der Waals surface area contributed by atoms with E-state index < -0.39 is 11.6 Å². The van der Waals surface area contributed by atoms with Gasteiger partial charge in [0.1, 0.15) is 18.0 Å². The first-order valence-electron chi connectivity index (χ1n) is 8.85. The number of halogens is 1. The second kappa shape index (κ2) is 8.26. The van der Waals surface area contributed by atoms with Crippen LogP contribution in [0.5, 0.6) is 17.4 Å². The minimum absolute atomic E-state index is 0.112. The van der Waals surface area contributed by atoms with Gasteiger partial charge in [0.05, 0.1) is 12.8 Å². The van der Waals surface area contributed by atoms with Crippen molar-refractivity contribution in [2.45, 2.75) is 6.54 Å². The number of benzene rings is 2. The van der Waals surface area contributed by atoms with Gasteiger partial charge >= 0.3 is 5.69 Å². The average Bonchev–Trinajstić information content (AvgIpc) is 3.05. The lowest BCUT2D eigenvalue weighted by molar-refractivity contribution is -0.117. The molecule has 1 N–H and O–H groups in total. The third kappa shape index (κ3) is 3.96. The number of methoxy groups -OCH3 is 1. The van der Waals surface area contributed by atoms with Gasteiger partial charge in [-0.2, -0.15) is 0 Å². The molecular formula is C20H16ClN5O4. The molecule has 0 unspecified atom stereocenters. The van der Waals surface area contributed by atoms with Crippen LogP contribution in [0.1, 0.15) is 0 Å². The fourth-order valence-corrected chi connectivity index (χ4v) is 3.00. The molecule has 1 amide bonds. The molecule has 10 heteroatoms. The van der Waals surface area contributed by atoms with Crippen molar-refractivity contribution in [1.82, 2.24) is 19.2 Å². The van der Waals surface area contributed by atoms with Crippen LogP contribution in [0.3, 0.4) is 0 Å². The van der Waals surface area contributed by atoms with E-state index >= 15 is 0 Å². The largest absolute Gasteiger partial charge is 0.495 e. The predicted octanol–water partition coefficient (Wildman–Crippen LogP) is 2.98. The normalized spacial score (nSPS) is 10.7. The Bertz CT molecular complexity index is 1280. The van der Waals surface area contributed by atoms with E-state index in [1.54, 1.807) is 48.5 Å². The molecule has 0 aliphatic carbocycles. The number of para-hydroxylation sites is 2. The summed E-state index contributed by atoms with van der Waals surface area (Å²) in [6.07, 6.45) is 2.86. The molecule has 4 aromatic rings. The molecule has 4 rings (SSSR count). The highest BCUT2D eigenvalue weighted by Crippen LogP contribution is 2.25. The maximum atomic E-state index is 12.7. The van der Waals surface area contributed by atoms with Gasteiger partial charge in [0.25, 0.3) is 5.88 Å². The lowest BCUT2D eigenvalue weighted by Crippen LogP contribution is -2.28. The number of carbonyl (C=O) groups is 1. The Morgan fingerprint density at radius 3 is 2.83 bits per heavy atom. The molecule has 152 valence electrons. The van der Waals surface area contributed by atoms with E-state index in [1.807, 2.05) is 0 Å². The Balaban J connectivity index is 1.60. The Hall–Kier alpha value is -3.85. The molecule has 0 aliphatic rings. The van der Waals surface area contributed by atoms with Crippen LogP contribution in [0, 0.1) is 0 Å². The molecule has 0 radical (unpaired) electrons. The minimum atomic E-state index is -0.501. The Labute approximate surface area is 175 Å². The number of hydrogen-bond donors (Lipinski definition) is 1. The molecule has 2 aromatic heterocycles. The fraction of sp³-hybridized carbons (Fsp3) is 0.100. The van der Waals surface area contributed by atoms with E-state index in [1.165, 1.54) is 23.9 Å². The van der Waals surface area contributed by atoms with Crippen LogP contribution in [0.2, 0.25) is 5.02 Å². The molecule has 0 aliphatic heterocycles. The number of ether oxygens (including phenoxy) is 2. The minimum Gasteiger partial charge on any atom is -0.495 e. The van der Waals surface area contributed by atoms with Crippen molar-refractivity contribution in [3.8, 4) is 17.4 Å². The van der Waals surface area contributed by atoms with Crippen molar-refractivity contribution in [2.24, 2.45) is 0 Å². The van der Waals surface area contributed by atoms with Crippen LogP contribution >= 0.6 is 11.6 Å². The number of aromatic nitrogens is 4. The van der Waals surface area contributed by atoms with Gasteiger partial charge in [0, 0.05) is 17.4 Å². The molecule has 0 atom stereocenters. The highest BCUT2D eigenvalue weighted by Gasteiger charge is 2.16. The van der Waals surface area contributed by atoms with Crippen LogP contribution in [-0.2, 0) is 11.3 Å². The maximum Gasteiger partial charge on any atom is 0.351 e. The lowest BCUT2D eigenvalue weighted by atomic mass is 10.3. The number of amides is 1. The predicted molar refractivity (Wildman–Crippen MR) is 110 cm³/mol. The second-order valence-electron chi connectivity index (χ2n) is 6.17. The van der Waals surface area contributed by atoms with Crippen LogP contribution < -0.4 is 20.5 Å². The molecule has 2 aromatic carbocycles. The number of anilines is 1. The highest BCUT2D eigenvalue weighted by molar-refractivity contribution is 6.30. The van der Waals surface area contributed by atoms with Gasteiger partial charge in [-0.3, -0.25) is 4.79 Å². The zero-order valence-corrected chi connectivity index (χ0v) is 16.5. The fourth-order valence-electron chi connectivity index (χ4n) is 2.82. The lowest BCUT2D eigenvalue weighted by Gasteiger charge is -2.09. The summed E-state index contributed by atoms with van der Waals surface area (Å²) in [4.78, 5) is 29.2. The topological polar surface area (TPSA) is 99.8 Å². The number of rotatable bonds is 6. The van der Waals surface area contributed by atoms with Crippen molar-refractivity contribution >= 4 is 28.8 Å². The Morgan fingerprint density at radius 1 is 1.20 bits per heavy atom. The van der Waals surface area contributed by atoms with E-state index in [0.717, 1.165) is 4.68 Å². The second-order valence-corrected chi connectivity index (χ2v) is 6.61. The van der Waals surface area contributed by atoms with Gasteiger partial charge in [-0.1, -0.05) is 29.8 Å². The van der Waals surface area contributed by atoms with E-state index in [4.69, 9.17) is 21.1 Å². The molecular weight excluding hydrogens is 410 g/mol. The molecule has 30 heavy (non-hydrogen) atoms. The SMILES string of the molecule is COc1ccccc1NC(=O)Cn1nc2c(Oc3cccc(Cl)c3)nccn2c1=O. The Morgan fingerprint density at radius 2 is 2.03 bits per heavy atom. The molecule has 0 bridgehead atoms. The summed E-state index contributed by atoms with van der Waals surface area (Å²) in [7, 11) is 1.51. The molecule has 0 fully saturated rings. The number of nitrogens with zero attached hydrogens (tertiary/aromatic N) is 4. The van der Waals surface area contributed by atoms with E-state index in [-0.39, 0.29) is 18.1 Å². The summed E-state index contributed by atoms with van der Waals surface area (Å²) in [5, 5.41) is 7.41. The third-order valence-electron chi connectivity index (χ3n) is 4.15. The smallest absolute Gasteiger partial charge is 0.351 e. The number of nitrogens with one attached hydrogen (secondary N) is 1. The summed E-state index contributed by atoms with van der Waals surface area (Å²) in [5.74, 6) is 0.629. The molecule has 2 heterocycles. The molecule has 0 saturated heterocycles. The quantitative estimate of drug-likeness (QED) is 0.509. The maximum absolute atomic E-state index is 12.7. The molecule has 0 saturated carbocycles. The van der Waals surface area contributed by atoms with Crippen LogP contribution in [-0.4, -0.2) is 32.2 Å². The van der Waals surface area contributed by atoms with Gasteiger partial charge in [-0.05, 0) is 30.3 Å². The Kier molecular flexibility index (Phi) is 5.36. The summed E-state index contributed by atoms with van der Waals surface area (Å²) >= 11 is 5.98. The van der Waals surface area contributed by atoms with Gasteiger partial charge < -0.3 is 14.8 Å². The van der Waals surface area contributed by atoms with Crippen molar-refractivity contribution in [1.29, 1.82) is 0 Å². The summed E-state index contributed by atoms with van der Waals surface area (Å²) < 4.78 is 13.2. The number of hydrogen-bond acceptors (Lipinski definition) is 6. The van der Waals surface area contributed by atoms with E-state index in [0.29, 0.717) is 22.2 Å². The van der Waals surface area contributed by atoms with Crippen molar-refractivity contribution in [2.75, 3.05) is 12.4 Å². The van der Waals surface area contributed by atoms with Crippen molar-refractivity contribution in [3.63, 3.8) is 0 Å². The summed E-state index contributed by atoms with van der Waals surface area (Å²) in [5.41, 5.74) is 0.166.